The molecule has 0 heterocycles. The van der Waals surface area contributed by atoms with Gasteiger partial charge in [0, 0.05) is 16.3 Å². The van der Waals surface area contributed by atoms with E-state index in [2.05, 4.69) is 20.3 Å². The van der Waals surface area contributed by atoms with Crippen molar-refractivity contribution in [1.82, 2.24) is 0 Å². The first-order chi connectivity index (χ1) is 7.71. The minimum Gasteiger partial charge on any atom is -0.234 e. The van der Waals surface area contributed by atoms with Crippen molar-refractivity contribution in [3.05, 3.63) is 33.5 Å². The van der Waals surface area contributed by atoms with Gasteiger partial charge in [0.15, 0.2) is 0 Å². The lowest BCUT2D eigenvalue weighted by atomic mass is 10.1. The minimum atomic E-state index is -1.37. The second kappa shape index (κ2) is 5.40. The lowest BCUT2D eigenvalue weighted by molar-refractivity contribution is 0.624. The van der Waals surface area contributed by atoms with Crippen molar-refractivity contribution < 1.29 is 8.60 Å². The molecule has 0 saturated carbocycles. The van der Waals surface area contributed by atoms with E-state index >= 15 is 0 Å². The molecular weight excluding hydrogens is 305 g/mol. The van der Waals surface area contributed by atoms with Crippen LogP contribution in [0.25, 0.3) is 0 Å². The van der Waals surface area contributed by atoms with E-state index in [9.17, 15) is 8.60 Å². The molecule has 0 spiro atoms. The molecule has 0 aliphatic heterocycles. The van der Waals surface area contributed by atoms with Gasteiger partial charge < -0.3 is 0 Å². The van der Waals surface area contributed by atoms with Crippen molar-refractivity contribution >= 4 is 33.1 Å². The van der Waals surface area contributed by atoms with Crippen molar-refractivity contribution in [3.8, 4) is 0 Å². The van der Waals surface area contributed by atoms with E-state index in [4.69, 9.17) is 0 Å². The van der Waals surface area contributed by atoms with Crippen LogP contribution >= 0.6 is 15.9 Å². The van der Waals surface area contributed by atoms with Gasteiger partial charge in [0.05, 0.1) is 4.75 Å². The van der Waals surface area contributed by atoms with E-state index in [0.717, 1.165) is 10.0 Å². The molecule has 0 aliphatic carbocycles. The van der Waals surface area contributed by atoms with Gasteiger partial charge in [-0.2, -0.15) is 4.40 Å². The SMILES string of the molecule is Cc1cc(F)c(/C=N\[S@](=O)C(C)(C)C)cc1Br. The molecule has 94 valence electrons. The van der Waals surface area contributed by atoms with Gasteiger partial charge in [0.2, 0.25) is 0 Å². The Morgan fingerprint density at radius 3 is 2.53 bits per heavy atom. The van der Waals surface area contributed by atoms with Crippen molar-refractivity contribution in [3.63, 3.8) is 0 Å². The first kappa shape index (κ1) is 14.5. The summed E-state index contributed by atoms with van der Waals surface area (Å²) in [5, 5.41) is 0. The number of hydrogen-bond acceptors (Lipinski definition) is 1. The normalized spacial score (nSPS) is 14.2. The van der Waals surface area contributed by atoms with Gasteiger partial charge in [-0.05, 0) is 45.4 Å². The lowest BCUT2D eigenvalue weighted by Gasteiger charge is -2.12. The van der Waals surface area contributed by atoms with Gasteiger partial charge in [0.1, 0.15) is 16.8 Å². The van der Waals surface area contributed by atoms with Gasteiger partial charge in [-0.1, -0.05) is 15.9 Å². The van der Waals surface area contributed by atoms with Crippen LogP contribution < -0.4 is 0 Å². The fraction of sp³-hybridized carbons (Fsp3) is 0.417. The highest BCUT2D eigenvalue weighted by atomic mass is 79.9. The first-order valence-electron chi connectivity index (χ1n) is 5.13. The Bertz CT molecular complexity index is 480. The average molecular weight is 320 g/mol. The van der Waals surface area contributed by atoms with Gasteiger partial charge in [-0.15, -0.1) is 0 Å². The Labute approximate surface area is 112 Å². The smallest absolute Gasteiger partial charge is 0.144 e. The standard InChI is InChI=1S/C12H15BrFNOS/c1-8-5-11(14)9(6-10(8)13)7-15-17(16)12(2,3)4/h5-7H,1-4H3/b15-7-/t17-/m1/s1. The summed E-state index contributed by atoms with van der Waals surface area (Å²) in [6, 6.07) is 3.06. The molecular formula is C12H15BrFNOS. The van der Waals surface area contributed by atoms with Crippen LogP contribution in [0.1, 0.15) is 31.9 Å². The summed E-state index contributed by atoms with van der Waals surface area (Å²) in [4.78, 5) is 0. The van der Waals surface area contributed by atoms with E-state index in [1.54, 1.807) is 13.0 Å². The molecule has 1 aromatic rings. The van der Waals surface area contributed by atoms with Gasteiger partial charge in [0.25, 0.3) is 0 Å². The van der Waals surface area contributed by atoms with Crippen molar-refractivity contribution in [2.24, 2.45) is 4.40 Å². The Balaban J connectivity index is 3.01. The maximum absolute atomic E-state index is 13.6. The number of benzene rings is 1. The van der Waals surface area contributed by atoms with Crippen molar-refractivity contribution in [2.75, 3.05) is 0 Å². The topological polar surface area (TPSA) is 29.4 Å². The predicted molar refractivity (Wildman–Crippen MR) is 74.3 cm³/mol. The highest BCUT2D eigenvalue weighted by Crippen LogP contribution is 2.20. The molecule has 2 nitrogen and oxygen atoms in total. The van der Waals surface area contributed by atoms with Crippen LogP contribution in [0.15, 0.2) is 21.0 Å². The van der Waals surface area contributed by atoms with Crippen LogP contribution in [-0.4, -0.2) is 15.2 Å². The van der Waals surface area contributed by atoms with Crippen LogP contribution in [0.3, 0.4) is 0 Å². The molecule has 5 heteroatoms. The highest BCUT2D eigenvalue weighted by molar-refractivity contribution is 9.10. The van der Waals surface area contributed by atoms with Crippen LogP contribution in [-0.2, 0) is 11.0 Å². The predicted octanol–water partition coefficient (Wildman–Crippen LogP) is 3.78. The summed E-state index contributed by atoms with van der Waals surface area (Å²) in [7, 11) is -1.37. The molecule has 0 saturated heterocycles. The Hall–Kier alpha value is -0.550. The number of halogens is 2. The van der Waals surface area contributed by atoms with Crippen LogP contribution in [0.2, 0.25) is 0 Å². The molecule has 0 unspecified atom stereocenters. The minimum absolute atomic E-state index is 0.333. The molecule has 1 aromatic carbocycles. The van der Waals surface area contributed by atoms with Crippen molar-refractivity contribution in [2.45, 2.75) is 32.4 Å². The molecule has 1 rings (SSSR count). The second-order valence-electron chi connectivity index (χ2n) is 4.72. The third kappa shape index (κ3) is 4.00. The molecule has 0 aliphatic rings. The van der Waals surface area contributed by atoms with Gasteiger partial charge in [-0.3, -0.25) is 0 Å². The zero-order chi connectivity index (χ0) is 13.2. The first-order valence-corrected chi connectivity index (χ1v) is 7.03. The third-order valence-corrected chi connectivity index (χ3v) is 4.29. The molecule has 0 radical (unpaired) electrons. The third-order valence-electron chi connectivity index (χ3n) is 2.09. The maximum atomic E-state index is 13.6. The largest absolute Gasteiger partial charge is 0.234 e. The highest BCUT2D eigenvalue weighted by Gasteiger charge is 2.18. The van der Waals surface area contributed by atoms with Crippen LogP contribution in [0.4, 0.5) is 4.39 Å². The lowest BCUT2D eigenvalue weighted by Crippen LogP contribution is -2.19. The average Bonchev–Trinajstić information content (AvgIpc) is 2.19. The van der Waals surface area contributed by atoms with E-state index in [1.165, 1.54) is 12.3 Å². The van der Waals surface area contributed by atoms with Gasteiger partial charge in [-0.25, -0.2) is 8.60 Å². The summed E-state index contributed by atoms with van der Waals surface area (Å²) in [5.74, 6) is -0.361. The fourth-order valence-electron chi connectivity index (χ4n) is 1.02. The maximum Gasteiger partial charge on any atom is 0.144 e. The number of hydrogen-bond donors (Lipinski definition) is 0. The van der Waals surface area contributed by atoms with Crippen molar-refractivity contribution in [1.29, 1.82) is 0 Å². The van der Waals surface area contributed by atoms with E-state index < -0.39 is 15.7 Å². The van der Waals surface area contributed by atoms with E-state index in [1.807, 2.05) is 20.8 Å². The fourth-order valence-corrected chi connectivity index (χ4v) is 1.91. The number of aryl methyl sites for hydroxylation is 1. The van der Waals surface area contributed by atoms with E-state index in [-0.39, 0.29) is 5.82 Å². The van der Waals surface area contributed by atoms with Crippen LogP contribution in [0, 0.1) is 12.7 Å². The summed E-state index contributed by atoms with van der Waals surface area (Å²) < 4.78 is 29.5. The van der Waals surface area contributed by atoms with Gasteiger partial charge >= 0.3 is 0 Å². The molecule has 1 atom stereocenters. The number of nitrogens with zero attached hydrogens (tertiary/aromatic N) is 1. The molecule has 0 fully saturated rings. The summed E-state index contributed by atoms with van der Waals surface area (Å²) in [6.45, 7) is 7.27. The summed E-state index contributed by atoms with van der Waals surface area (Å²) in [6.07, 6.45) is 1.32. The zero-order valence-corrected chi connectivity index (χ0v) is 12.7. The summed E-state index contributed by atoms with van der Waals surface area (Å²) >= 11 is 3.32. The van der Waals surface area contributed by atoms with Crippen LogP contribution in [0.5, 0.6) is 0 Å². The Kier molecular flexibility index (Phi) is 4.61. The monoisotopic (exact) mass is 319 g/mol. The molecule has 0 aromatic heterocycles. The zero-order valence-electron chi connectivity index (χ0n) is 10.3. The molecule has 17 heavy (non-hydrogen) atoms. The van der Waals surface area contributed by atoms with E-state index in [0.29, 0.717) is 5.56 Å². The second-order valence-corrected chi connectivity index (χ2v) is 7.51. The molecule has 0 bridgehead atoms. The Morgan fingerprint density at radius 2 is 2.00 bits per heavy atom. The summed E-state index contributed by atoms with van der Waals surface area (Å²) in [5.41, 5.74) is 1.15. The molecule has 0 N–H and O–H groups in total. The Morgan fingerprint density at radius 1 is 1.41 bits per heavy atom. The number of rotatable bonds is 2. The molecule has 0 amide bonds. The quantitative estimate of drug-likeness (QED) is 0.763.